The van der Waals surface area contributed by atoms with Crippen LogP contribution in [0.25, 0.3) is 0 Å². The molecule has 0 aliphatic carbocycles. The fourth-order valence-electron chi connectivity index (χ4n) is 1.97. The highest BCUT2D eigenvalue weighted by Crippen LogP contribution is 2.26. The first-order chi connectivity index (χ1) is 7.06. The predicted molar refractivity (Wildman–Crippen MR) is 52.2 cm³/mol. The third kappa shape index (κ3) is 3.15. The van der Waals surface area contributed by atoms with Gasteiger partial charge >= 0.3 is 5.97 Å². The topological polar surface area (TPSA) is 76.0 Å². The molecular weight excluding hydrogens is 200 g/mol. The molecule has 5 nitrogen and oxygen atoms in total. The lowest BCUT2D eigenvalue weighted by Crippen LogP contribution is -2.46. The largest absolute Gasteiger partial charge is 0.469 e. The number of esters is 1. The van der Waals surface area contributed by atoms with Crippen LogP contribution in [0, 0.1) is 5.92 Å². The van der Waals surface area contributed by atoms with E-state index in [2.05, 4.69) is 4.74 Å². The van der Waals surface area contributed by atoms with Crippen LogP contribution in [-0.4, -0.2) is 48.2 Å². The highest BCUT2D eigenvalue weighted by atomic mass is 16.5. The summed E-state index contributed by atoms with van der Waals surface area (Å²) < 4.78 is 9.91. The molecule has 0 amide bonds. The number of carbonyl (C=O) groups excluding carboxylic acids is 1. The lowest BCUT2D eigenvalue weighted by Gasteiger charge is -2.36. The van der Waals surface area contributed by atoms with Crippen LogP contribution >= 0.6 is 0 Å². The molecule has 0 unspecified atom stereocenters. The normalized spacial score (nSPS) is 33.5. The summed E-state index contributed by atoms with van der Waals surface area (Å²) in [4.78, 5) is 11.1. The molecular formula is C10H18O5. The SMILES string of the molecule is COC(=O)C[C@H]1OCC[C@H](O)[C@@H]1[C@H](C)O. The molecule has 0 radical (unpaired) electrons. The number of hydrogen-bond donors (Lipinski definition) is 2. The summed E-state index contributed by atoms with van der Waals surface area (Å²) in [5.41, 5.74) is 0. The monoisotopic (exact) mass is 218 g/mol. The Hall–Kier alpha value is -0.650. The Kier molecular flexibility index (Phi) is 4.50. The van der Waals surface area contributed by atoms with Crippen molar-refractivity contribution in [2.45, 2.75) is 38.1 Å². The Morgan fingerprint density at radius 2 is 2.33 bits per heavy atom. The molecule has 0 bridgehead atoms. The van der Waals surface area contributed by atoms with Gasteiger partial charge in [-0.05, 0) is 13.3 Å². The van der Waals surface area contributed by atoms with Gasteiger partial charge in [-0.1, -0.05) is 0 Å². The summed E-state index contributed by atoms with van der Waals surface area (Å²) in [7, 11) is 1.30. The number of ether oxygens (including phenoxy) is 2. The Bertz CT molecular complexity index is 216. The van der Waals surface area contributed by atoms with Crippen molar-refractivity contribution in [2.24, 2.45) is 5.92 Å². The summed E-state index contributed by atoms with van der Waals surface area (Å²) in [6.45, 7) is 2.00. The molecule has 0 spiro atoms. The molecule has 2 N–H and O–H groups in total. The van der Waals surface area contributed by atoms with Crippen LogP contribution in [0.4, 0.5) is 0 Å². The summed E-state index contributed by atoms with van der Waals surface area (Å²) in [6.07, 6.45) is -1.21. The second-order valence-corrected chi connectivity index (χ2v) is 3.86. The molecule has 88 valence electrons. The molecule has 5 heteroatoms. The van der Waals surface area contributed by atoms with Crippen molar-refractivity contribution in [3.63, 3.8) is 0 Å². The van der Waals surface area contributed by atoms with Crippen LogP contribution < -0.4 is 0 Å². The first-order valence-corrected chi connectivity index (χ1v) is 5.10. The predicted octanol–water partition coefficient (Wildman–Crippen LogP) is -0.304. The zero-order valence-electron chi connectivity index (χ0n) is 9.05. The fourth-order valence-corrected chi connectivity index (χ4v) is 1.97. The average Bonchev–Trinajstić information content (AvgIpc) is 2.17. The lowest BCUT2D eigenvalue weighted by molar-refractivity contribution is -0.157. The van der Waals surface area contributed by atoms with E-state index in [0.717, 1.165) is 0 Å². The van der Waals surface area contributed by atoms with Crippen molar-refractivity contribution in [1.82, 2.24) is 0 Å². The van der Waals surface area contributed by atoms with E-state index in [1.807, 2.05) is 0 Å². The maximum absolute atomic E-state index is 11.1. The molecule has 1 fully saturated rings. The van der Waals surface area contributed by atoms with Crippen molar-refractivity contribution in [2.75, 3.05) is 13.7 Å². The van der Waals surface area contributed by atoms with Crippen molar-refractivity contribution in [1.29, 1.82) is 0 Å². The molecule has 1 aliphatic heterocycles. The number of rotatable bonds is 3. The van der Waals surface area contributed by atoms with Gasteiger partial charge in [0.25, 0.3) is 0 Å². The van der Waals surface area contributed by atoms with E-state index < -0.39 is 24.2 Å². The third-order valence-electron chi connectivity index (χ3n) is 2.77. The maximum Gasteiger partial charge on any atom is 0.308 e. The first-order valence-electron chi connectivity index (χ1n) is 5.10. The summed E-state index contributed by atoms with van der Waals surface area (Å²) in [5.74, 6) is -0.808. The minimum absolute atomic E-state index is 0.0725. The van der Waals surface area contributed by atoms with Gasteiger partial charge in [0.15, 0.2) is 0 Å². The van der Waals surface area contributed by atoms with Gasteiger partial charge in [-0.3, -0.25) is 4.79 Å². The van der Waals surface area contributed by atoms with E-state index in [4.69, 9.17) is 4.74 Å². The smallest absolute Gasteiger partial charge is 0.308 e. The molecule has 1 aliphatic rings. The Morgan fingerprint density at radius 3 is 2.87 bits per heavy atom. The maximum atomic E-state index is 11.1. The van der Waals surface area contributed by atoms with Crippen molar-refractivity contribution >= 4 is 5.97 Å². The second-order valence-electron chi connectivity index (χ2n) is 3.86. The van der Waals surface area contributed by atoms with Crippen molar-refractivity contribution < 1.29 is 24.5 Å². The molecule has 4 atom stereocenters. The highest BCUT2D eigenvalue weighted by molar-refractivity contribution is 5.69. The first kappa shape index (κ1) is 12.4. The molecule has 0 aromatic rings. The molecule has 0 aromatic heterocycles. The minimum Gasteiger partial charge on any atom is -0.469 e. The Morgan fingerprint density at radius 1 is 1.67 bits per heavy atom. The van der Waals surface area contributed by atoms with Gasteiger partial charge in [-0.25, -0.2) is 0 Å². The minimum atomic E-state index is -0.699. The fraction of sp³-hybridized carbons (Fsp3) is 0.900. The number of hydrogen-bond acceptors (Lipinski definition) is 5. The summed E-state index contributed by atoms with van der Waals surface area (Å²) in [5, 5.41) is 19.2. The summed E-state index contributed by atoms with van der Waals surface area (Å²) >= 11 is 0. The van der Waals surface area contributed by atoms with E-state index >= 15 is 0 Å². The molecule has 0 aromatic carbocycles. The van der Waals surface area contributed by atoms with Gasteiger partial charge in [0.1, 0.15) is 0 Å². The van der Waals surface area contributed by atoms with Crippen LogP contribution in [0.5, 0.6) is 0 Å². The molecule has 1 saturated heterocycles. The van der Waals surface area contributed by atoms with Crippen LogP contribution in [0.1, 0.15) is 19.8 Å². The molecule has 0 saturated carbocycles. The van der Waals surface area contributed by atoms with E-state index in [1.54, 1.807) is 6.92 Å². The second kappa shape index (κ2) is 5.44. The zero-order chi connectivity index (χ0) is 11.4. The average molecular weight is 218 g/mol. The van der Waals surface area contributed by atoms with E-state index in [-0.39, 0.29) is 12.4 Å². The van der Waals surface area contributed by atoms with Crippen LogP contribution in [-0.2, 0) is 14.3 Å². The van der Waals surface area contributed by atoms with Gasteiger partial charge in [-0.15, -0.1) is 0 Å². The van der Waals surface area contributed by atoms with Crippen LogP contribution in [0.3, 0.4) is 0 Å². The third-order valence-corrected chi connectivity index (χ3v) is 2.77. The summed E-state index contributed by atoms with van der Waals surface area (Å²) in [6, 6.07) is 0. The van der Waals surface area contributed by atoms with Crippen molar-refractivity contribution in [3.05, 3.63) is 0 Å². The standard InChI is InChI=1S/C10H18O5/c1-6(11)10-7(12)3-4-15-8(10)5-9(13)14-2/h6-8,10-12H,3-5H2,1-2H3/t6-,7-,8+,10-/m0/s1. The van der Waals surface area contributed by atoms with Gasteiger partial charge in [0, 0.05) is 12.5 Å². The highest BCUT2D eigenvalue weighted by Gasteiger charge is 2.37. The van der Waals surface area contributed by atoms with Crippen LogP contribution in [0.15, 0.2) is 0 Å². The van der Waals surface area contributed by atoms with E-state index in [9.17, 15) is 15.0 Å². The Labute approximate surface area is 89.0 Å². The van der Waals surface area contributed by atoms with Gasteiger partial charge in [0.2, 0.25) is 0 Å². The Balaban J connectivity index is 2.62. The van der Waals surface area contributed by atoms with E-state index in [1.165, 1.54) is 7.11 Å². The van der Waals surface area contributed by atoms with E-state index in [0.29, 0.717) is 13.0 Å². The number of aliphatic hydroxyl groups is 2. The number of carbonyl (C=O) groups is 1. The van der Waals surface area contributed by atoms with Crippen molar-refractivity contribution in [3.8, 4) is 0 Å². The zero-order valence-corrected chi connectivity index (χ0v) is 9.05. The van der Waals surface area contributed by atoms with Crippen LogP contribution in [0.2, 0.25) is 0 Å². The van der Waals surface area contributed by atoms with Gasteiger partial charge in [0.05, 0.1) is 31.8 Å². The molecule has 1 heterocycles. The number of aliphatic hydroxyl groups excluding tert-OH is 2. The lowest BCUT2D eigenvalue weighted by atomic mass is 9.85. The molecule has 15 heavy (non-hydrogen) atoms. The van der Waals surface area contributed by atoms with Gasteiger partial charge < -0.3 is 19.7 Å². The quantitative estimate of drug-likeness (QED) is 0.636. The number of methoxy groups -OCH3 is 1. The molecule has 1 rings (SSSR count). The van der Waals surface area contributed by atoms with Gasteiger partial charge in [-0.2, -0.15) is 0 Å².